The van der Waals surface area contributed by atoms with Gasteiger partial charge in [-0.1, -0.05) is 0 Å². The number of nitrogens with one attached hydrogen (secondary N) is 2. The molecule has 0 bridgehead atoms. The van der Waals surface area contributed by atoms with Crippen LogP contribution in [0, 0.1) is 12.8 Å². The molecule has 3 unspecified atom stereocenters. The smallest absolute Gasteiger partial charge is 0.255 e. The van der Waals surface area contributed by atoms with E-state index >= 15 is 0 Å². The summed E-state index contributed by atoms with van der Waals surface area (Å²) >= 11 is 0. The van der Waals surface area contributed by atoms with Gasteiger partial charge in [-0.15, -0.1) is 0 Å². The molecular weight excluding hydrogens is 354 g/mol. The normalized spacial score (nSPS) is 27.8. The summed E-state index contributed by atoms with van der Waals surface area (Å²) in [6, 6.07) is 9.03. The standard InChI is InChI=1S/C21H21N5O2/c1-11-18-15(20(28)26-10-13-6-7-21(13)17(26)9-22-21)8-16(23-19(18)25-24-11)12-2-4-14(27)5-3-12/h2-5,8,13,17,22,27H,6-7,9-10H2,1H3,(H,23,24,25). The Labute approximate surface area is 161 Å². The number of aromatic amines is 1. The number of H-pyrrole nitrogens is 1. The molecule has 2 saturated heterocycles. The van der Waals surface area contributed by atoms with E-state index in [0.29, 0.717) is 28.9 Å². The Kier molecular flexibility index (Phi) is 3.05. The number of phenols is 1. The van der Waals surface area contributed by atoms with Gasteiger partial charge in [-0.3, -0.25) is 9.89 Å². The number of hydrogen-bond acceptors (Lipinski definition) is 5. The van der Waals surface area contributed by atoms with Crippen LogP contribution >= 0.6 is 0 Å². The summed E-state index contributed by atoms with van der Waals surface area (Å²) in [5, 5.41) is 21.3. The number of fused-ring (bicyclic) bond motifs is 1. The van der Waals surface area contributed by atoms with E-state index in [9.17, 15) is 9.90 Å². The highest BCUT2D eigenvalue weighted by atomic mass is 16.3. The summed E-state index contributed by atoms with van der Waals surface area (Å²) < 4.78 is 0. The van der Waals surface area contributed by atoms with Gasteiger partial charge in [0.15, 0.2) is 5.65 Å². The Balaban J connectivity index is 1.47. The average molecular weight is 375 g/mol. The third-order valence-corrected chi connectivity index (χ3v) is 7.01. The molecule has 3 aliphatic rings. The van der Waals surface area contributed by atoms with Crippen molar-refractivity contribution in [3.63, 3.8) is 0 Å². The fourth-order valence-corrected chi connectivity index (χ4v) is 5.30. The third kappa shape index (κ3) is 1.94. The molecule has 3 fully saturated rings. The molecule has 3 atom stereocenters. The Hall–Kier alpha value is -2.93. The average Bonchev–Trinajstić information content (AvgIpc) is 3.09. The van der Waals surface area contributed by atoms with Gasteiger partial charge in [0.25, 0.3) is 5.91 Å². The molecule has 1 aliphatic carbocycles. The maximum absolute atomic E-state index is 13.6. The number of phenolic OH excluding ortho intramolecular Hbond substituents is 1. The molecular formula is C21H21N5O2. The van der Waals surface area contributed by atoms with Gasteiger partial charge in [-0.25, -0.2) is 4.98 Å². The van der Waals surface area contributed by atoms with E-state index in [1.807, 2.05) is 13.0 Å². The van der Waals surface area contributed by atoms with Crippen molar-refractivity contribution in [1.29, 1.82) is 0 Å². The van der Waals surface area contributed by atoms with E-state index in [1.54, 1.807) is 24.3 Å². The molecule has 1 spiro atoms. The van der Waals surface area contributed by atoms with Crippen LogP contribution < -0.4 is 5.32 Å². The molecule has 7 nitrogen and oxygen atoms in total. The number of amides is 1. The highest BCUT2D eigenvalue weighted by Crippen LogP contribution is 2.53. The number of pyridine rings is 1. The summed E-state index contributed by atoms with van der Waals surface area (Å²) in [5.41, 5.74) is 3.76. The lowest BCUT2D eigenvalue weighted by Crippen LogP contribution is -2.75. The summed E-state index contributed by atoms with van der Waals surface area (Å²) in [6.07, 6.45) is 2.36. The second kappa shape index (κ2) is 5.32. The lowest BCUT2D eigenvalue weighted by molar-refractivity contribution is 0.0183. The lowest BCUT2D eigenvalue weighted by Gasteiger charge is -2.56. The largest absolute Gasteiger partial charge is 0.508 e. The maximum atomic E-state index is 13.6. The number of aromatic nitrogens is 3. The minimum absolute atomic E-state index is 0.0669. The molecule has 7 heteroatoms. The molecule has 2 aromatic heterocycles. The molecule has 1 aromatic carbocycles. The first-order chi connectivity index (χ1) is 13.6. The predicted molar refractivity (Wildman–Crippen MR) is 104 cm³/mol. The molecule has 142 valence electrons. The SMILES string of the molecule is Cc1[nH]nc2nc(-c3ccc(O)cc3)cc(C(=O)N3CC4CCC45NCC35)c12. The van der Waals surface area contributed by atoms with Gasteiger partial charge in [-0.05, 0) is 56.0 Å². The number of carbonyl (C=O) groups excluding carboxylic acids is 1. The molecule has 0 radical (unpaired) electrons. The van der Waals surface area contributed by atoms with E-state index in [1.165, 1.54) is 12.8 Å². The van der Waals surface area contributed by atoms with Crippen LogP contribution in [0.4, 0.5) is 0 Å². The zero-order valence-corrected chi connectivity index (χ0v) is 15.6. The van der Waals surface area contributed by atoms with Crippen LogP contribution in [0.1, 0.15) is 28.9 Å². The zero-order valence-electron chi connectivity index (χ0n) is 15.6. The molecule has 1 amide bonds. The van der Waals surface area contributed by atoms with E-state index in [4.69, 9.17) is 0 Å². The molecule has 6 rings (SSSR count). The van der Waals surface area contributed by atoms with Crippen molar-refractivity contribution in [2.45, 2.75) is 31.3 Å². The van der Waals surface area contributed by atoms with Gasteiger partial charge >= 0.3 is 0 Å². The van der Waals surface area contributed by atoms with Crippen LogP contribution in [0.25, 0.3) is 22.3 Å². The van der Waals surface area contributed by atoms with Crippen LogP contribution in [0.3, 0.4) is 0 Å². The summed E-state index contributed by atoms with van der Waals surface area (Å²) in [4.78, 5) is 20.4. The van der Waals surface area contributed by atoms with Gasteiger partial charge in [0, 0.05) is 29.9 Å². The van der Waals surface area contributed by atoms with Crippen LogP contribution in [-0.2, 0) is 0 Å². The Bertz CT molecular complexity index is 1120. The van der Waals surface area contributed by atoms with Crippen molar-refractivity contribution in [3.05, 3.63) is 41.6 Å². The Morgan fingerprint density at radius 3 is 2.79 bits per heavy atom. The minimum Gasteiger partial charge on any atom is -0.508 e. The highest BCUT2D eigenvalue weighted by Gasteiger charge is 2.65. The van der Waals surface area contributed by atoms with Crippen molar-refractivity contribution in [2.75, 3.05) is 13.1 Å². The number of benzene rings is 1. The first-order valence-corrected chi connectivity index (χ1v) is 9.78. The van der Waals surface area contributed by atoms with E-state index in [0.717, 1.165) is 29.7 Å². The van der Waals surface area contributed by atoms with E-state index in [2.05, 4.69) is 25.4 Å². The summed E-state index contributed by atoms with van der Waals surface area (Å²) in [6.45, 7) is 3.63. The summed E-state index contributed by atoms with van der Waals surface area (Å²) in [7, 11) is 0. The number of aromatic hydroxyl groups is 1. The van der Waals surface area contributed by atoms with Crippen LogP contribution in [0.5, 0.6) is 5.75 Å². The maximum Gasteiger partial charge on any atom is 0.255 e. The van der Waals surface area contributed by atoms with Crippen molar-refractivity contribution in [1.82, 2.24) is 25.4 Å². The van der Waals surface area contributed by atoms with Crippen LogP contribution in [0.2, 0.25) is 0 Å². The number of aryl methyl sites for hydroxylation is 1. The van der Waals surface area contributed by atoms with E-state index in [-0.39, 0.29) is 17.2 Å². The van der Waals surface area contributed by atoms with Gasteiger partial charge < -0.3 is 15.3 Å². The third-order valence-electron chi connectivity index (χ3n) is 7.01. The first kappa shape index (κ1) is 16.1. The lowest BCUT2D eigenvalue weighted by atomic mass is 9.61. The zero-order chi connectivity index (χ0) is 19.0. The van der Waals surface area contributed by atoms with Gasteiger partial charge in [-0.2, -0.15) is 5.10 Å². The molecule has 1 saturated carbocycles. The van der Waals surface area contributed by atoms with Gasteiger partial charge in [0.2, 0.25) is 0 Å². The van der Waals surface area contributed by atoms with Crippen molar-refractivity contribution in [3.8, 4) is 17.0 Å². The van der Waals surface area contributed by atoms with Crippen LogP contribution in [-0.4, -0.2) is 55.8 Å². The molecule has 3 N–H and O–H groups in total. The summed E-state index contributed by atoms with van der Waals surface area (Å²) in [5.74, 6) is 0.846. The molecule has 4 heterocycles. The van der Waals surface area contributed by atoms with Crippen molar-refractivity contribution in [2.24, 2.45) is 5.92 Å². The number of rotatable bonds is 2. The van der Waals surface area contributed by atoms with Crippen molar-refractivity contribution < 1.29 is 9.90 Å². The molecule has 2 aliphatic heterocycles. The molecule has 3 aromatic rings. The second-order valence-corrected chi connectivity index (χ2v) is 8.28. The minimum atomic E-state index is 0.0669. The highest BCUT2D eigenvalue weighted by molar-refractivity contribution is 6.07. The number of hydrogen-bond donors (Lipinski definition) is 3. The van der Waals surface area contributed by atoms with Gasteiger partial charge in [0.05, 0.1) is 22.7 Å². The Morgan fingerprint density at radius 2 is 2.14 bits per heavy atom. The van der Waals surface area contributed by atoms with Gasteiger partial charge in [0.1, 0.15) is 5.75 Å². The quantitative estimate of drug-likeness (QED) is 0.638. The van der Waals surface area contributed by atoms with E-state index < -0.39 is 0 Å². The topological polar surface area (TPSA) is 94.1 Å². The van der Waals surface area contributed by atoms with Crippen molar-refractivity contribution >= 4 is 16.9 Å². The van der Waals surface area contributed by atoms with Crippen LogP contribution in [0.15, 0.2) is 30.3 Å². The predicted octanol–water partition coefficient (Wildman–Crippen LogP) is 2.22. The number of likely N-dealkylation sites (tertiary alicyclic amines) is 1. The monoisotopic (exact) mass is 375 g/mol. The Morgan fingerprint density at radius 1 is 1.32 bits per heavy atom. The first-order valence-electron chi connectivity index (χ1n) is 9.78. The fraction of sp³-hybridized carbons (Fsp3) is 0.381. The number of nitrogens with zero attached hydrogens (tertiary/aromatic N) is 3. The molecule has 28 heavy (non-hydrogen) atoms. The second-order valence-electron chi connectivity index (χ2n) is 8.28. The fourth-order valence-electron chi connectivity index (χ4n) is 5.30. The number of carbonyl (C=O) groups is 1.